The monoisotopic (exact) mass is 504 g/mol. The van der Waals surface area contributed by atoms with E-state index in [1.807, 2.05) is 43.3 Å². The predicted octanol–water partition coefficient (Wildman–Crippen LogP) is 3.63. The third kappa shape index (κ3) is 4.77. The topological polar surface area (TPSA) is 90.1 Å². The molecule has 0 fully saturated rings. The van der Waals surface area contributed by atoms with Crippen molar-refractivity contribution in [3.05, 3.63) is 103 Å². The van der Waals surface area contributed by atoms with Crippen molar-refractivity contribution in [1.29, 1.82) is 0 Å². The van der Waals surface area contributed by atoms with E-state index in [2.05, 4.69) is 11.6 Å². The average Bonchev–Trinajstić information content (AvgIpc) is 3.16. The lowest BCUT2D eigenvalue weighted by Gasteiger charge is -2.24. The largest absolute Gasteiger partial charge is 0.504 e. The van der Waals surface area contributed by atoms with E-state index in [1.54, 1.807) is 36.6 Å². The number of carbonyl (C=O) groups excluding carboxylic acids is 1. The molecule has 1 aliphatic rings. The molecular weight excluding hydrogens is 476 g/mol. The number of aromatic nitrogens is 1. The SMILES string of the molecule is C=CCc1cc(/C=c2/sc3n(c2=O)[C@@H](c2ccccc2)C(C(=O)OCC)=C(C)N=3)cc(OCC)c1O. The molecule has 0 amide bonds. The van der Waals surface area contributed by atoms with Gasteiger partial charge in [-0.15, -0.1) is 6.58 Å². The van der Waals surface area contributed by atoms with E-state index < -0.39 is 12.0 Å². The van der Waals surface area contributed by atoms with Gasteiger partial charge in [-0.2, -0.15) is 0 Å². The molecule has 2 aromatic carbocycles. The highest BCUT2D eigenvalue weighted by molar-refractivity contribution is 7.07. The standard InChI is InChI=1S/C28H28N2O5S/c1-5-11-20-14-18(15-21(25(20)31)34-6-2)16-22-26(32)30-24(19-12-9-8-10-13-19)23(27(33)35-7-3)17(4)29-28(30)36-22/h5,8-10,12-16,24,31H,1,6-7,11H2,2-4H3/b22-16+/t24-/m0/s1. The number of phenols is 1. The van der Waals surface area contributed by atoms with Gasteiger partial charge >= 0.3 is 5.97 Å². The van der Waals surface area contributed by atoms with Crippen molar-refractivity contribution in [3.63, 3.8) is 0 Å². The maximum atomic E-state index is 13.7. The number of aromatic hydroxyl groups is 1. The molecule has 0 unspecified atom stereocenters. The molecule has 8 heteroatoms. The van der Waals surface area contributed by atoms with E-state index in [0.717, 1.165) is 5.56 Å². The molecule has 186 valence electrons. The number of allylic oxidation sites excluding steroid dienone is 2. The third-order valence-corrected chi connectivity index (χ3v) is 6.75. The number of phenolic OH excluding ortho intramolecular Hbond substituents is 1. The van der Waals surface area contributed by atoms with E-state index in [9.17, 15) is 14.7 Å². The number of thiazole rings is 1. The number of carbonyl (C=O) groups is 1. The van der Waals surface area contributed by atoms with Crippen LogP contribution in [0.15, 0.2) is 76.2 Å². The minimum absolute atomic E-state index is 0.0640. The van der Waals surface area contributed by atoms with Crippen molar-refractivity contribution >= 4 is 23.4 Å². The Morgan fingerprint density at radius 2 is 1.97 bits per heavy atom. The highest BCUT2D eigenvalue weighted by Crippen LogP contribution is 2.33. The quantitative estimate of drug-likeness (QED) is 0.374. The van der Waals surface area contributed by atoms with Crippen molar-refractivity contribution in [1.82, 2.24) is 4.57 Å². The zero-order chi connectivity index (χ0) is 25.8. The number of nitrogens with zero attached hydrogens (tertiary/aromatic N) is 2. The molecule has 0 aliphatic carbocycles. The van der Waals surface area contributed by atoms with Crippen LogP contribution in [-0.4, -0.2) is 28.9 Å². The first-order valence-corrected chi connectivity index (χ1v) is 12.5. The van der Waals surface area contributed by atoms with Crippen molar-refractivity contribution < 1.29 is 19.4 Å². The van der Waals surface area contributed by atoms with Crippen LogP contribution < -0.4 is 19.6 Å². The Kier molecular flexibility index (Phi) is 7.55. The summed E-state index contributed by atoms with van der Waals surface area (Å²) >= 11 is 1.25. The summed E-state index contributed by atoms with van der Waals surface area (Å²) in [6, 6.07) is 12.3. The number of hydrogen-bond donors (Lipinski definition) is 1. The first kappa shape index (κ1) is 25.2. The highest BCUT2D eigenvalue weighted by Gasteiger charge is 2.33. The van der Waals surface area contributed by atoms with E-state index in [1.165, 1.54) is 11.3 Å². The molecule has 0 saturated carbocycles. The predicted molar refractivity (Wildman–Crippen MR) is 140 cm³/mol. The van der Waals surface area contributed by atoms with Crippen LogP contribution in [0, 0.1) is 0 Å². The van der Waals surface area contributed by atoms with Crippen LogP contribution >= 0.6 is 11.3 Å². The second-order valence-electron chi connectivity index (χ2n) is 8.17. The van der Waals surface area contributed by atoms with Crippen molar-refractivity contribution in [3.8, 4) is 11.5 Å². The summed E-state index contributed by atoms with van der Waals surface area (Å²) < 4.78 is 12.9. The molecule has 1 N–H and O–H groups in total. The number of ether oxygens (including phenoxy) is 2. The van der Waals surface area contributed by atoms with Gasteiger partial charge in [-0.25, -0.2) is 9.79 Å². The lowest BCUT2D eigenvalue weighted by molar-refractivity contribution is -0.139. The Morgan fingerprint density at radius 1 is 1.22 bits per heavy atom. The molecule has 1 aromatic heterocycles. The number of esters is 1. The average molecular weight is 505 g/mol. The summed E-state index contributed by atoms with van der Waals surface area (Å²) in [4.78, 5) is 31.8. The van der Waals surface area contributed by atoms with Crippen LogP contribution in [0.4, 0.5) is 0 Å². The van der Waals surface area contributed by atoms with Crippen LogP contribution in [0.2, 0.25) is 0 Å². The molecule has 1 atom stereocenters. The van der Waals surface area contributed by atoms with Gasteiger partial charge in [0.2, 0.25) is 0 Å². The molecule has 0 spiro atoms. The lowest BCUT2D eigenvalue weighted by Crippen LogP contribution is -2.39. The molecule has 36 heavy (non-hydrogen) atoms. The van der Waals surface area contributed by atoms with Crippen LogP contribution in [0.3, 0.4) is 0 Å². The van der Waals surface area contributed by atoms with Gasteiger partial charge in [-0.1, -0.05) is 47.7 Å². The number of fused-ring (bicyclic) bond motifs is 1. The summed E-state index contributed by atoms with van der Waals surface area (Å²) in [6.07, 6.45) is 3.90. The fourth-order valence-electron chi connectivity index (χ4n) is 4.24. The van der Waals surface area contributed by atoms with Crippen molar-refractivity contribution in [2.75, 3.05) is 13.2 Å². The van der Waals surface area contributed by atoms with Gasteiger partial charge in [0.05, 0.1) is 35.1 Å². The second kappa shape index (κ2) is 10.8. The fraction of sp³-hybridized carbons (Fsp3) is 0.250. The molecule has 0 saturated heterocycles. The summed E-state index contributed by atoms with van der Waals surface area (Å²) in [5.41, 5.74) is 2.75. The first-order chi connectivity index (χ1) is 17.4. The summed E-state index contributed by atoms with van der Waals surface area (Å²) in [5.74, 6) is -0.0801. The van der Waals surface area contributed by atoms with E-state index in [4.69, 9.17) is 9.47 Å². The number of rotatable bonds is 8. The molecule has 3 aromatic rings. The Morgan fingerprint density at radius 3 is 2.64 bits per heavy atom. The van der Waals surface area contributed by atoms with Gasteiger partial charge in [0.1, 0.15) is 0 Å². The van der Waals surface area contributed by atoms with Crippen molar-refractivity contribution in [2.24, 2.45) is 4.99 Å². The van der Waals surface area contributed by atoms with Gasteiger partial charge in [-0.3, -0.25) is 9.36 Å². The summed E-state index contributed by atoms with van der Waals surface area (Å²) in [6.45, 7) is 9.71. The zero-order valence-corrected chi connectivity index (χ0v) is 21.3. The van der Waals surface area contributed by atoms with Crippen LogP contribution in [-0.2, 0) is 16.0 Å². The Hall–Kier alpha value is -3.91. The maximum Gasteiger partial charge on any atom is 0.338 e. The first-order valence-electron chi connectivity index (χ1n) is 11.7. The molecule has 0 radical (unpaired) electrons. The zero-order valence-electron chi connectivity index (χ0n) is 20.5. The van der Waals surface area contributed by atoms with Crippen LogP contribution in [0.25, 0.3) is 6.08 Å². The lowest BCUT2D eigenvalue weighted by atomic mass is 9.96. The van der Waals surface area contributed by atoms with Crippen molar-refractivity contribution in [2.45, 2.75) is 33.2 Å². The van der Waals surface area contributed by atoms with Gasteiger partial charge in [0, 0.05) is 5.56 Å². The number of hydrogen-bond acceptors (Lipinski definition) is 7. The molecule has 1 aliphatic heterocycles. The third-order valence-electron chi connectivity index (χ3n) is 5.77. The Labute approximate surface area is 213 Å². The molecule has 7 nitrogen and oxygen atoms in total. The molecular formula is C28H28N2O5S. The smallest absolute Gasteiger partial charge is 0.338 e. The van der Waals surface area contributed by atoms with Gasteiger partial charge in [-0.05, 0) is 56.5 Å². The highest BCUT2D eigenvalue weighted by atomic mass is 32.1. The molecule has 2 heterocycles. The summed E-state index contributed by atoms with van der Waals surface area (Å²) in [5, 5.41) is 10.5. The van der Waals surface area contributed by atoms with E-state index in [-0.39, 0.29) is 17.9 Å². The van der Waals surface area contributed by atoms with Gasteiger partial charge in [0.15, 0.2) is 16.3 Å². The maximum absolute atomic E-state index is 13.7. The minimum atomic E-state index is -0.654. The van der Waals surface area contributed by atoms with E-state index >= 15 is 0 Å². The molecule has 4 rings (SSSR count). The van der Waals surface area contributed by atoms with Crippen LogP contribution in [0.1, 0.15) is 43.5 Å². The van der Waals surface area contributed by atoms with Crippen LogP contribution in [0.5, 0.6) is 11.5 Å². The molecule has 0 bridgehead atoms. The minimum Gasteiger partial charge on any atom is -0.504 e. The summed E-state index contributed by atoms with van der Waals surface area (Å²) in [7, 11) is 0. The fourth-order valence-corrected chi connectivity index (χ4v) is 5.29. The Bertz CT molecular complexity index is 1520. The number of benzene rings is 2. The second-order valence-corrected chi connectivity index (χ2v) is 9.17. The van der Waals surface area contributed by atoms with E-state index in [0.29, 0.717) is 50.5 Å². The Balaban J connectivity index is 1.93. The normalized spacial score (nSPS) is 15.3. The van der Waals surface area contributed by atoms with Gasteiger partial charge < -0.3 is 14.6 Å². The van der Waals surface area contributed by atoms with Gasteiger partial charge in [0.25, 0.3) is 5.56 Å².